The van der Waals surface area contributed by atoms with Crippen molar-refractivity contribution in [2.75, 3.05) is 19.7 Å². The summed E-state index contributed by atoms with van der Waals surface area (Å²) in [5.74, 6) is 0.307. The summed E-state index contributed by atoms with van der Waals surface area (Å²) in [4.78, 5) is 10.4. The number of sulfonamides is 1. The zero-order valence-electron chi connectivity index (χ0n) is 15.8. The average Bonchev–Trinajstić information content (AvgIpc) is 2.69. The molecule has 0 amide bonds. The molecule has 2 aromatic carbocycles. The third-order valence-electron chi connectivity index (χ3n) is 5.04. The third-order valence-corrected chi connectivity index (χ3v) is 7.08. The van der Waals surface area contributed by atoms with Gasteiger partial charge in [-0.05, 0) is 36.8 Å². The van der Waals surface area contributed by atoms with Crippen LogP contribution >= 0.6 is 0 Å². The summed E-state index contributed by atoms with van der Waals surface area (Å²) in [7, 11) is -3.75. The van der Waals surface area contributed by atoms with Crippen LogP contribution in [0.3, 0.4) is 0 Å². The molecule has 1 aliphatic rings. The Hall–Kier alpha value is -2.29. The maximum Gasteiger partial charge on any atom is 0.270 e. The fraction of sp³-hybridized carbons (Fsp3) is 0.400. The van der Waals surface area contributed by atoms with Gasteiger partial charge in [0.05, 0.1) is 16.4 Å². The van der Waals surface area contributed by atoms with Gasteiger partial charge in [-0.15, -0.1) is 0 Å². The second-order valence-corrected chi connectivity index (χ2v) is 8.96. The number of rotatable bonds is 7. The molecule has 0 atom stereocenters. The molecule has 0 radical (unpaired) electrons. The molecule has 7 nitrogen and oxygen atoms in total. The predicted molar refractivity (Wildman–Crippen MR) is 105 cm³/mol. The van der Waals surface area contributed by atoms with Crippen LogP contribution in [0.15, 0.2) is 53.4 Å². The summed E-state index contributed by atoms with van der Waals surface area (Å²) in [6.07, 6.45) is 1.42. The number of aryl methyl sites for hydroxylation is 1. The SMILES string of the molecule is Cc1ccc([N+](=O)[O-])cc1S(=O)(=O)N1CCC(COCc2ccccc2)CC1. The standard InChI is InChI=1S/C20H24N2O5S/c1-16-7-8-19(22(23)24)13-20(16)28(25,26)21-11-9-18(10-12-21)15-27-14-17-5-3-2-4-6-17/h2-8,13,18H,9-12,14-15H2,1H3. The molecule has 0 bridgehead atoms. The Balaban J connectivity index is 1.58. The van der Waals surface area contributed by atoms with Gasteiger partial charge in [0.2, 0.25) is 10.0 Å². The number of ether oxygens (including phenoxy) is 1. The van der Waals surface area contributed by atoms with Crippen molar-refractivity contribution in [1.29, 1.82) is 0 Å². The molecule has 0 N–H and O–H groups in total. The fourth-order valence-electron chi connectivity index (χ4n) is 3.35. The quantitative estimate of drug-likeness (QED) is 0.520. The van der Waals surface area contributed by atoms with Crippen molar-refractivity contribution in [1.82, 2.24) is 4.31 Å². The number of hydrogen-bond acceptors (Lipinski definition) is 5. The summed E-state index contributed by atoms with van der Waals surface area (Å²) >= 11 is 0. The smallest absolute Gasteiger partial charge is 0.270 e. The van der Waals surface area contributed by atoms with Crippen LogP contribution in [0.1, 0.15) is 24.0 Å². The van der Waals surface area contributed by atoms with E-state index in [1.165, 1.54) is 16.4 Å². The van der Waals surface area contributed by atoms with Gasteiger partial charge >= 0.3 is 0 Å². The number of nitro benzene ring substituents is 1. The molecule has 28 heavy (non-hydrogen) atoms. The normalized spacial score (nSPS) is 16.2. The van der Waals surface area contributed by atoms with E-state index in [0.717, 1.165) is 11.6 Å². The van der Waals surface area contributed by atoms with Crippen LogP contribution in [-0.2, 0) is 21.4 Å². The summed E-state index contributed by atoms with van der Waals surface area (Å²) in [6.45, 7) is 3.58. The van der Waals surface area contributed by atoms with E-state index in [1.54, 1.807) is 6.92 Å². The molecule has 0 unspecified atom stereocenters. The Kier molecular flexibility index (Phi) is 6.43. The average molecular weight is 404 g/mol. The monoisotopic (exact) mass is 404 g/mol. The van der Waals surface area contributed by atoms with Crippen molar-refractivity contribution in [2.45, 2.75) is 31.3 Å². The second kappa shape index (κ2) is 8.81. The van der Waals surface area contributed by atoms with Crippen molar-refractivity contribution in [3.8, 4) is 0 Å². The Morgan fingerprint density at radius 3 is 2.46 bits per heavy atom. The molecular weight excluding hydrogens is 380 g/mol. The maximum absolute atomic E-state index is 13.0. The van der Waals surface area contributed by atoms with Gasteiger partial charge in [0.1, 0.15) is 0 Å². The highest BCUT2D eigenvalue weighted by Crippen LogP contribution is 2.28. The zero-order valence-corrected chi connectivity index (χ0v) is 16.6. The number of piperidine rings is 1. The van der Waals surface area contributed by atoms with Gasteiger partial charge in [-0.25, -0.2) is 8.42 Å². The summed E-state index contributed by atoms with van der Waals surface area (Å²) in [5, 5.41) is 11.0. The number of benzene rings is 2. The predicted octanol–water partition coefficient (Wildman–Crippen LogP) is 3.52. The number of nitro groups is 1. The van der Waals surface area contributed by atoms with Crippen molar-refractivity contribution >= 4 is 15.7 Å². The minimum atomic E-state index is -3.75. The van der Waals surface area contributed by atoms with Crippen molar-refractivity contribution < 1.29 is 18.1 Å². The minimum absolute atomic E-state index is 0.0143. The Morgan fingerprint density at radius 2 is 1.82 bits per heavy atom. The van der Waals surface area contributed by atoms with Crippen LogP contribution < -0.4 is 0 Å². The van der Waals surface area contributed by atoms with Crippen molar-refractivity contribution in [2.24, 2.45) is 5.92 Å². The lowest BCUT2D eigenvalue weighted by atomic mass is 9.99. The van der Waals surface area contributed by atoms with Crippen LogP contribution in [-0.4, -0.2) is 37.3 Å². The van der Waals surface area contributed by atoms with Gasteiger partial charge in [0.15, 0.2) is 0 Å². The van der Waals surface area contributed by atoms with E-state index >= 15 is 0 Å². The highest BCUT2D eigenvalue weighted by Gasteiger charge is 2.31. The molecule has 1 heterocycles. The molecule has 0 aliphatic carbocycles. The van der Waals surface area contributed by atoms with Gasteiger partial charge in [-0.1, -0.05) is 36.4 Å². The van der Waals surface area contributed by atoms with Crippen LogP contribution in [0, 0.1) is 23.0 Å². The Bertz CT molecular complexity index is 923. The first kappa shape index (κ1) is 20.4. The lowest BCUT2D eigenvalue weighted by Crippen LogP contribution is -2.39. The van der Waals surface area contributed by atoms with E-state index in [-0.39, 0.29) is 10.6 Å². The van der Waals surface area contributed by atoms with E-state index in [0.29, 0.717) is 50.6 Å². The molecule has 3 rings (SSSR count). The first-order valence-electron chi connectivity index (χ1n) is 9.25. The summed E-state index contributed by atoms with van der Waals surface area (Å²) < 4.78 is 33.1. The molecule has 0 spiro atoms. The van der Waals surface area contributed by atoms with E-state index in [4.69, 9.17) is 4.74 Å². The van der Waals surface area contributed by atoms with E-state index in [2.05, 4.69) is 0 Å². The molecule has 150 valence electrons. The number of hydrogen-bond donors (Lipinski definition) is 0. The number of nitrogens with zero attached hydrogens (tertiary/aromatic N) is 2. The molecular formula is C20H24N2O5S. The first-order chi connectivity index (χ1) is 13.4. The Morgan fingerprint density at radius 1 is 1.14 bits per heavy atom. The summed E-state index contributed by atoms with van der Waals surface area (Å²) in [6, 6.07) is 13.9. The van der Waals surface area contributed by atoms with E-state index < -0.39 is 14.9 Å². The highest BCUT2D eigenvalue weighted by atomic mass is 32.2. The second-order valence-electron chi connectivity index (χ2n) is 7.06. The molecule has 1 aliphatic heterocycles. The molecule has 2 aromatic rings. The third kappa shape index (κ3) is 4.76. The van der Waals surface area contributed by atoms with Gasteiger partial charge in [0, 0.05) is 31.8 Å². The Labute approximate surface area is 165 Å². The lowest BCUT2D eigenvalue weighted by molar-refractivity contribution is -0.385. The van der Waals surface area contributed by atoms with E-state index in [1.807, 2.05) is 30.3 Å². The van der Waals surface area contributed by atoms with Gasteiger partial charge in [-0.2, -0.15) is 4.31 Å². The van der Waals surface area contributed by atoms with Gasteiger partial charge in [-0.3, -0.25) is 10.1 Å². The van der Waals surface area contributed by atoms with Crippen LogP contribution in [0.2, 0.25) is 0 Å². The zero-order chi connectivity index (χ0) is 20.1. The van der Waals surface area contributed by atoms with Crippen LogP contribution in [0.4, 0.5) is 5.69 Å². The topological polar surface area (TPSA) is 89.8 Å². The first-order valence-corrected chi connectivity index (χ1v) is 10.7. The molecule has 1 saturated heterocycles. The highest BCUT2D eigenvalue weighted by molar-refractivity contribution is 7.89. The largest absolute Gasteiger partial charge is 0.376 e. The van der Waals surface area contributed by atoms with Gasteiger partial charge < -0.3 is 4.74 Å². The maximum atomic E-state index is 13.0. The molecule has 0 aromatic heterocycles. The minimum Gasteiger partial charge on any atom is -0.376 e. The van der Waals surface area contributed by atoms with Crippen LogP contribution in [0.25, 0.3) is 0 Å². The summed E-state index contributed by atoms with van der Waals surface area (Å²) in [5.41, 5.74) is 1.41. The molecule has 0 saturated carbocycles. The van der Waals surface area contributed by atoms with Crippen molar-refractivity contribution in [3.63, 3.8) is 0 Å². The van der Waals surface area contributed by atoms with Crippen molar-refractivity contribution in [3.05, 3.63) is 69.8 Å². The lowest BCUT2D eigenvalue weighted by Gasteiger charge is -2.31. The fourth-order valence-corrected chi connectivity index (χ4v) is 5.07. The molecule has 8 heteroatoms. The van der Waals surface area contributed by atoms with Gasteiger partial charge in [0.25, 0.3) is 5.69 Å². The molecule has 1 fully saturated rings. The van der Waals surface area contributed by atoms with Crippen LogP contribution in [0.5, 0.6) is 0 Å². The number of non-ortho nitro benzene ring substituents is 1. The van der Waals surface area contributed by atoms with E-state index in [9.17, 15) is 18.5 Å².